The summed E-state index contributed by atoms with van der Waals surface area (Å²) in [6.45, 7) is 1.30. The summed E-state index contributed by atoms with van der Waals surface area (Å²) in [6.07, 6.45) is 0.131. The van der Waals surface area contributed by atoms with Crippen LogP contribution in [0.1, 0.15) is 17.2 Å². The summed E-state index contributed by atoms with van der Waals surface area (Å²) in [5.41, 5.74) is 8.06. The highest BCUT2D eigenvalue weighted by Crippen LogP contribution is 2.28. The van der Waals surface area contributed by atoms with E-state index in [4.69, 9.17) is 10.5 Å². The van der Waals surface area contributed by atoms with Crippen molar-refractivity contribution in [3.05, 3.63) is 35.4 Å². The van der Waals surface area contributed by atoms with Crippen molar-refractivity contribution in [2.75, 3.05) is 6.54 Å². The highest BCUT2D eigenvalue weighted by atomic mass is 35.5. The third-order valence-corrected chi connectivity index (χ3v) is 2.06. The van der Waals surface area contributed by atoms with Crippen LogP contribution >= 0.6 is 12.4 Å². The molecule has 1 aromatic rings. The Labute approximate surface area is 78.1 Å². The molecule has 0 radical (unpaired) electrons. The summed E-state index contributed by atoms with van der Waals surface area (Å²) < 4.78 is 5.45. The van der Waals surface area contributed by atoms with Crippen LogP contribution in [0.4, 0.5) is 0 Å². The van der Waals surface area contributed by atoms with Gasteiger partial charge in [-0.25, -0.2) is 0 Å². The molecule has 0 amide bonds. The maximum atomic E-state index is 5.52. The lowest BCUT2D eigenvalue weighted by Crippen LogP contribution is -2.10. The molecule has 0 saturated heterocycles. The highest BCUT2D eigenvalue weighted by Gasteiger charge is 2.20. The molecule has 2 rings (SSSR count). The van der Waals surface area contributed by atoms with Crippen LogP contribution in [0.3, 0.4) is 0 Å². The maximum absolute atomic E-state index is 5.52. The van der Waals surface area contributed by atoms with E-state index in [-0.39, 0.29) is 18.5 Å². The second kappa shape index (κ2) is 3.90. The second-order valence-electron chi connectivity index (χ2n) is 2.73. The molecule has 0 aliphatic carbocycles. The van der Waals surface area contributed by atoms with E-state index in [0.29, 0.717) is 6.54 Å². The lowest BCUT2D eigenvalue weighted by Gasteiger charge is -2.05. The first-order chi connectivity index (χ1) is 5.42. The molecule has 1 atom stereocenters. The Morgan fingerprint density at radius 2 is 2.17 bits per heavy atom. The van der Waals surface area contributed by atoms with Gasteiger partial charge in [0.05, 0.1) is 12.7 Å². The van der Waals surface area contributed by atoms with Crippen molar-refractivity contribution in [3.8, 4) is 0 Å². The van der Waals surface area contributed by atoms with Crippen LogP contribution in [0.2, 0.25) is 0 Å². The molecule has 0 fully saturated rings. The molecule has 0 spiro atoms. The number of hydrogen-bond acceptors (Lipinski definition) is 2. The average molecular weight is 186 g/mol. The van der Waals surface area contributed by atoms with Gasteiger partial charge in [-0.05, 0) is 11.1 Å². The third-order valence-electron chi connectivity index (χ3n) is 2.06. The van der Waals surface area contributed by atoms with Gasteiger partial charge in [0.25, 0.3) is 0 Å². The van der Waals surface area contributed by atoms with Crippen molar-refractivity contribution >= 4 is 12.4 Å². The van der Waals surface area contributed by atoms with E-state index in [1.54, 1.807) is 0 Å². The molecule has 0 saturated carbocycles. The van der Waals surface area contributed by atoms with Crippen molar-refractivity contribution < 1.29 is 4.74 Å². The first kappa shape index (κ1) is 9.52. The van der Waals surface area contributed by atoms with Crippen LogP contribution in [0.25, 0.3) is 0 Å². The number of hydrogen-bond donors (Lipinski definition) is 1. The summed E-state index contributed by atoms with van der Waals surface area (Å²) in [4.78, 5) is 0. The first-order valence-electron chi connectivity index (χ1n) is 3.81. The smallest absolute Gasteiger partial charge is 0.0955 e. The van der Waals surface area contributed by atoms with E-state index in [1.165, 1.54) is 11.1 Å². The molecule has 1 aliphatic heterocycles. The van der Waals surface area contributed by atoms with Gasteiger partial charge < -0.3 is 10.5 Å². The fourth-order valence-corrected chi connectivity index (χ4v) is 1.45. The Morgan fingerprint density at radius 1 is 1.42 bits per heavy atom. The van der Waals surface area contributed by atoms with E-state index in [2.05, 4.69) is 12.1 Å². The molecule has 12 heavy (non-hydrogen) atoms. The van der Waals surface area contributed by atoms with Gasteiger partial charge in [-0.1, -0.05) is 24.3 Å². The summed E-state index contributed by atoms with van der Waals surface area (Å²) in [7, 11) is 0. The molecular weight excluding hydrogens is 174 g/mol. The SMILES string of the molecule is Cl.NCC1OCc2ccccc21. The Balaban J connectivity index is 0.000000720. The van der Waals surface area contributed by atoms with E-state index in [0.717, 1.165) is 6.61 Å². The maximum Gasteiger partial charge on any atom is 0.0955 e. The summed E-state index contributed by atoms with van der Waals surface area (Å²) >= 11 is 0. The zero-order chi connectivity index (χ0) is 7.68. The molecule has 1 heterocycles. The van der Waals surface area contributed by atoms with Gasteiger partial charge in [-0.3, -0.25) is 0 Å². The Morgan fingerprint density at radius 3 is 2.92 bits per heavy atom. The first-order valence-corrected chi connectivity index (χ1v) is 3.81. The fourth-order valence-electron chi connectivity index (χ4n) is 1.45. The van der Waals surface area contributed by atoms with Gasteiger partial charge >= 0.3 is 0 Å². The van der Waals surface area contributed by atoms with Crippen LogP contribution in [0, 0.1) is 0 Å². The number of nitrogens with two attached hydrogens (primary N) is 1. The Kier molecular flexibility index (Phi) is 3.09. The predicted molar refractivity (Wildman–Crippen MR) is 50.3 cm³/mol. The fraction of sp³-hybridized carbons (Fsp3) is 0.333. The Hall–Kier alpha value is -0.570. The van der Waals surface area contributed by atoms with Crippen molar-refractivity contribution in [1.82, 2.24) is 0 Å². The quantitative estimate of drug-likeness (QED) is 0.722. The van der Waals surface area contributed by atoms with E-state index in [1.807, 2.05) is 12.1 Å². The molecule has 2 N–H and O–H groups in total. The number of fused-ring (bicyclic) bond motifs is 1. The van der Waals surface area contributed by atoms with Crippen molar-refractivity contribution in [2.24, 2.45) is 5.73 Å². The number of halogens is 1. The molecule has 0 aromatic heterocycles. The minimum Gasteiger partial charge on any atom is -0.368 e. The number of ether oxygens (including phenoxy) is 1. The minimum atomic E-state index is 0. The molecule has 3 heteroatoms. The number of benzene rings is 1. The second-order valence-corrected chi connectivity index (χ2v) is 2.73. The lowest BCUT2D eigenvalue weighted by molar-refractivity contribution is 0.0723. The van der Waals surface area contributed by atoms with Crippen molar-refractivity contribution in [2.45, 2.75) is 12.7 Å². The van der Waals surface area contributed by atoms with E-state index < -0.39 is 0 Å². The van der Waals surface area contributed by atoms with Crippen LogP contribution in [0.15, 0.2) is 24.3 Å². The zero-order valence-corrected chi connectivity index (χ0v) is 7.51. The zero-order valence-electron chi connectivity index (χ0n) is 6.69. The van der Waals surface area contributed by atoms with Crippen LogP contribution in [0.5, 0.6) is 0 Å². The molecule has 1 aromatic carbocycles. The van der Waals surface area contributed by atoms with Gasteiger partial charge in [0.15, 0.2) is 0 Å². The Bertz CT molecular complexity index is 264. The van der Waals surface area contributed by atoms with Gasteiger partial charge in [-0.15, -0.1) is 12.4 Å². The number of rotatable bonds is 1. The van der Waals surface area contributed by atoms with E-state index in [9.17, 15) is 0 Å². The molecule has 66 valence electrons. The highest BCUT2D eigenvalue weighted by molar-refractivity contribution is 5.85. The molecule has 2 nitrogen and oxygen atoms in total. The van der Waals surface area contributed by atoms with Gasteiger partial charge in [-0.2, -0.15) is 0 Å². The van der Waals surface area contributed by atoms with Crippen LogP contribution in [-0.4, -0.2) is 6.54 Å². The molecule has 1 unspecified atom stereocenters. The topological polar surface area (TPSA) is 35.2 Å². The molecule has 1 aliphatic rings. The average Bonchev–Trinajstić information content (AvgIpc) is 2.47. The van der Waals surface area contributed by atoms with Crippen LogP contribution in [-0.2, 0) is 11.3 Å². The summed E-state index contributed by atoms with van der Waals surface area (Å²) in [5.74, 6) is 0. The standard InChI is InChI=1S/C9H11NO.ClH/c10-5-9-8-4-2-1-3-7(8)6-11-9;/h1-4,9H,5-6,10H2;1H. The lowest BCUT2D eigenvalue weighted by atomic mass is 10.1. The summed E-state index contributed by atoms with van der Waals surface area (Å²) in [6, 6.07) is 8.22. The van der Waals surface area contributed by atoms with Gasteiger partial charge in [0.1, 0.15) is 0 Å². The van der Waals surface area contributed by atoms with Crippen LogP contribution < -0.4 is 5.73 Å². The van der Waals surface area contributed by atoms with Gasteiger partial charge in [0, 0.05) is 6.54 Å². The largest absolute Gasteiger partial charge is 0.368 e. The monoisotopic (exact) mass is 185 g/mol. The molecular formula is C9H12ClNO. The third kappa shape index (κ3) is 1.46. The van der Waals surface area contributed by atoms with Crippen molar-refractivity contribution in [1.29, 1.82) is 0 Å². The molecule has 0 bridgehead atoms. The minimum absolute atomic E-state index is 0. The van der Waals surface area contributed by atoms with E-state index >= 15 is 0 Å². The predicted octanol–water partition coefficient (Wildman–Crippen LogP) is 1.64. The summed E-state index contributed by atoms with van der Waals surface area (Å²) in [5, 5.41) is 0. The van der Waals surface area contributed by atoms with Gasteiger partial charge in [0.2, 0.25) is 0 Å². The van der Waals surface area contributed by atoms with Crippen molar-refractivity contribution in [3.63, 3.8) is 0 Å². The normalized spacial score (nSPS) is 19.9.